The van der Waals surface area contributed by atoms with Crippen molar-refractivity contribution in [3.8, 4) is 11.6 Å². The van der Waals surface area contributed by atoms with E-state index in [1.165, 1.54) is 19.0 Å². The molecular formula is C22H24N4O3. The zero-order valence-electron chi connectivity index (χ0n) is 16.9. The van der Waals surface area contributed by atoms with Crippen LogP contribution < -0.4 is 15.4 Å². The Morgan fingerprint density at radius 1 is 1.07 bits per heavy atom. The highest BCUT2D eigenvalue weighted by atomic mass is 16.5. The first-order chi connectivity index (χ1) is 13.9. The molecule has 0 aliphatic heterocycles. The lowest BCUT2D eigenvalue weighted by Gasteiger charge is -2.22. The minimum atomic E-state index is -0.443. The minimum Gasteiger partial charge on any atom is -0.465 e. The highest BCUT2D eigenvalue weighted by molar-refractivity contribution is 5.97. The number of aromatic nitrogens is 2. The molecule has 150 valence electrons. The number of benzene rings is 2. The molecule has 2 aromatic carbocycles. The van der Waals surface area contributed by atoms with Crippen LogP contribution in [0.3, 0.4) is 0 Å². The van der Waals surface area contributed by atoms with Gasteiger partial charge in [0.05, 0.1) is 18.4 Å². The van der Waals surface area contributed by atoms with E-state index in [0.29, 0.717) is 28.7 Å². The number of esters is 1. The molecule has 0 atom stereocenters. The van der Waals surface area contributed by atoms with Crippen LogP contribution in [-0.2, 0) is 4.74 Å². The van der Waals surface area contributed by atoms with Crippen molar-refractivity contribution in [3.63, 3.8) is 0 Å². The third-order valence-corrected chi connectivity index (χ3v) is 4.58. The number of hydrogen-bond donors (Lipinski definition) is 1. The zero-order valence-corrected chi connectivity index (χ0v) is 16.9. The SMILES string of the molecule is COC(=O)c1ccccc1N(C)c1ncnc(Oc2ccc(C(C)C)cc2)c1N. The molecule has 1 aromatic heterocycles. The molecule has 7 heteroatoms. The molecule has 0 fully saturated rings. The van der Waals surface area contributed by atoms with Crippen LogP contribution in [0.4, 0.5) is 17.2 Å². The van der Waals surface area contributed by atoms with Gasteiger partial charge in [-0.05, 0) is 35.7 Å². The first-order valence-corrected chi connectivity index (χ1v) is 9.21. The van der Waals surface area contributed by atoms with Crippen molar-refractivity contribution in [2.75, 3.05) is 24.8 Å². The summed E-state index contributed by atoms with van der Waals surface area (Å²) in [6.07, 6.45) is 1.38. The fourth-order valence-electron chi connectivity index (χ4n) is 2.91. The van der Waals surface area contributed by atoms with Gasteiger partial charge < -0.3 is 20.1 Å². The van der Waals surface area contributed by atoms with Gasteiger partial charge in [0.25, 0.3) is 0 Å². The summed E-state index contributed by atoms with van der Waals surface area (Å²) in [5.41, 5.74) is 8.79. The van der Waals surface area contributed by atoms with Gasteiger partial charge >= 0.3 is 5.97 Å². The van der Waals surface area contributed by atoms with E-state index in [0.717, 1.165) is 0 Å². The minimum absolute atomic E-state index is 0.245. The lowest BCUT2D eigenvalue weighted by atomic mass is 10.0. The number of carbonyl (C=O) groups is 1. The van der Waals surface area contributed by atoms with Crippen LogP contribution in [0.15, 0.2) is 54.9 Å². The second kappa shape index (κ2) is 8.60. The van der Waals surface area contributed by atoms with Gasteiger partial charge in [-0.3, -0.25) is 0 Å². The molecule has 0 saturated carbocycles. The van der Waals surface area contributed by atoms with Crippen LogP contribution >= 0.6 is 0 Å². The Kier molecular flexibility index (Phi) is 5.97. The highest BCUT2D eigenvalue weighted by Crippen LogP contribution is 2.35. The van der Waals surface area contributed by atoms with Crippen LogP contribution in [0.5, 0.6) is 11.6 Å². The quantitative estimate of drug-likeness (QED) is 0.616. The topological polar surface area (TPSA) is 90.6 Å². The Balaban J connectivity index is 1.92. The number of anilines is 3. The van der Waals surface area contributed by atoms with Crippen molar-refractivity contribution in [1.82, 2.24) is 9.97 Å². The summed E-state index contributed by atoms with van der Waals surface area (Å²) in [4.78, 5) is 22.3. The van der Waals surface area contributed by atoms with Gasteiger partial charge in [0.2, 0.25) is 5.88 Å². The molecule has 2 N–H and O–H groups in total. The number of methoxy groups -OCH3 is 1. The van der Waals surface area contributed by atoms with Crippen molar-refractivity contribution in [1.29, 1.82) is 0 Å². The molecule has 1 heterocycles. The molecule has 0 aliphatic carbocycles. The van der Waals surface area contributed by atoms with Gasteiger partial charge in [-0.2, -0.15) is 4.98 Å². The van der Waals surface area contributed by atoms with Gasteiger partial charge in [0.15, 0.2) is 5.82 Å². The molecule has 0 amide bonds. The van der Waals surface area contributed by atoms with Crippen molar-refractivity contribution >= 4 is 23.2 Å². The lowest BCUT2D eigenvalue weighted by Crippen LogP contribution is -2.18. The molecule has 0 unspecified atom stereocenters. The first kappa shape index (κ1) is 20.1. The normalized spacial score (nSPS) is 10.7. The zero-order chi connectivity index (χ0) is 21.0. The summed E-state index contributed by atoms with van der Waals surface area (Å²) in [7, 11) is 3.11. The second-order valence-corrected chi connectivity index (χ2v) is 6.81. The monoisotopic (exact) mass is 392 g/mol. The van der Waals surface area contributed by atoms with Crippen molar-refractivity contribution in [2.24, 2.45) is 0 Å². The standard InChI is InChI=1S/C22H24N4O3/c1-14(2)15-9-11-16(12-10-15)29-21-19(23)20(24-13-25-21)26(3)18-8-6-5-7-17(18)22(27)28-4/h5-14H,23H2,1-4H3. The van der Waals surface area contributed by atoms with E-state index < -0.39 is 5.97 Å². The maximum atomic E-state index is 12.1. The number of nitrogens with two attached hydrogens (primary N) is 1. The molecule has 3 aromatic rings. The molecule has 0 bridgehead atoms. The van der Waals surface area contributed by atoms with E-state index >= 15 is 0 Å². The highest BCUT2D eigenvalue weighted by Gasteiger charge is 2.20. The van der Waals surface area contributed by atoms with Crippen molar-refractivity contribution in [2.45, 2.75) is 19.8 Å². The summed E-state index contributed by atoms with van der Waals surface area (Å²) in [6.45, 7) is 4.26. The number of rotatable bonds is 6. The summed E-state index contributed by atoms with van der Waals surface area (Å²) < 4.78 is 10.7. The molecule has 0 aliphatic rings. The lowest BCUT2D eigenvalue weighted by molar-refractivity contribution is 0.0601. The molecular weight excluding hydrogens is 368 g/mol. The van der Waals surface area contributed by atoms with Gasteiger partial charge in [0, 0.05) is 7.05 Å². The van der Waals surface area contributed by atoms with Crippen molar-refractivity contribution in [3.05, 3.63) is 66.0 Å². The molecule has 0 spiro atoms. The van der Waals surface area contributed by atoms with Crippen LogP contribution in [0.1, 0.15) is 35.7 Å². The largest absolute Gasteiger partial charge is 0.465 e. The van der Waals surface area contributed by atoms with Gasteiger partial charge in [-0.15, -0.1) is 0 Å². The summed E-state index contributed by atoms with van der Waals surface area (Å²) in [6, 6.07) is 14.8. The first-order valence-electron chi connectivity index (χ1n) is 9.21. The van der Waals surface area contributed by atoms with Gasteiger partial charge in [0.1, 0.15) is 17.8 Å². The third kappa shape index (κ3) is 4.29. The van der Waals surface area contributed by atoms with E-state index in [1.807, 2.05) is 30.3 Å². The average molecular weight is 392 g/mol. The maximum Gasteiger partial charge on any atom is 0.339 e. The van der Waals surface area contributed by atoms with E-state index in [-0.39, 0.29) is 11.6 Å². The Bertz CT molecular complexity index is 1000. The smallest absolute Gasteiger partial charge is 0.339 e. The molecule has 0 saturated heterocycles. The van der Waals surface area contributed by atoms with E-state index in [2.05, 4.69) is 23.8 Å². The molecule has 0 radical (unpaired) electrons. The number of hydrogen-bond acceptors (Lipinski definition) is 7. The Morgan fingerprint density at radius 3 is 2.41 bits per heavy atom. The summed E-state index contributed by atoms with van der Waals surface area (Å²) in [5, 5.41) is 0. The average Bonchev–Trinajstić information content (AvgIpc) is 2.74. The third-order valence-electron chi connectivity index (χ3n) is 4.58. The second-order valence-electron chi connectivity index (χ2n) is 6.81. The molecule has 3 rings (SSSR count). The molecule has 29 heavy (non-hydrogen) atoms. The Labute approximate surface area is 170 Å². The van der Waals surface area contributed by atoms with Crippen LogP contribution in [0.2, 0.25) is 0 Å². The Hall–Kier alpha value is -3.61. The molecule has 7 nitrogen and oxygen atoms in total. The number of ether oxygens (including phenoxy) is 2. The fraction of sp³-hybridized carbons (Fsp3) is 0.227. The fourth-order valence-corrected chi connectivity index (χ4v) is 2.91. The van der Waals surface area contributed by atoms with Crippen molar-refractivity contribution < 1.29 is 14.3 Å². The summed E-state index contributed by atoms with van der Waals surface area (Å²) in [5.74, 6) is 1.29. The van der Waals surface area contributed by atoms with E-state index in [1.54, 1.807) is 30.1 Å². The van der Waals surface area contributed by atoms with E-state index in [4.69, 9.17) is 15.2 Å². The van der Waals surface area contributed by atoms with Crippen LogP contribution in [-0.4, -0.2) is 30.1 Å². The Morgan fingerprint density at radius 2 is 1.76 bits per heavy atom. The number of nitrogens with zero attached hydrogens (tertiary/aromatic N) is 3. The number of carbonyl (C=O) groups excluding carboxylic acids is 1. The maximum absolute atomic E-state index is 12.1. The van der Waals surface area contributed by atoms with Crippen LogP contribution in [0, 0.1) is 0 Å². The predicted octanol–water partition coefficient (Wildman–Crippen LogP) is 4.53. The number of para-hydroxylation sites is 1. The number of nitrogen functional groups attached to an aromatic ring is 1. The van der Waals surface area contributed by atoms with Gasteiger partial charge in [-0.25, -0.2) is 9.78 Å². The van der Waals surface area contributed by atoms with Gasteiger partial charge in [-0.1, -0.05) is 38.1 Å². The predicted molar refractivity (Wildman–Crippen MR) is 113 cm³/mol. The van der Waals surface area contributed by atoms with Crippen LogP contribution in [0.25, 0.3) is 0 Å². The summed E-state index contributed by atoms with van der Waals surface area (Å²) >= 11 is 0. The van der Waals surface area contributed by atoms with E-state index in [9.17, 15) is 4.79 Å².